The maximum absolute atomic E-state index is 5.85. The highest BCUT2D eigenvalue weighted by atomic mass is 16.5. The summed E-state index contributed by atoms with van der Waals surface area (Å²) in [5.74, 6) is 2.58. The first kappa shape index (κ1) is 23.9. The molecule has 6 heteroatoms. The Bertz CT molecular complexity index is 1440. The Morgan fingerprint density at radius 2 is 1.70 bits per heavy atom. The minimum atomic E-state index is 0.270. The molecule has 4 aromatic rings. The van der Waals surface area contributed by atoms with E-state index in [4.69, 9.17) is 14.2 Å². The number of nitrogens with one attached hydrogen (secondary N) is 2. The Labute approximate surface area is 218 Å². The third-order valence-electron chi connectivity index (χ3n) is 8.48. The minimum Gasteiger partial charge on any atom is -0.496 e. The van der Waals surface area contributed by atoms with Crippen LogP contribution in [0.2, 0.25) is 0 Å². The first-order valence-corrected chi connectivity index (χ1v) is 13.3. The molecular weight excluding hydrogens is 462 g/mol. The number of benzene rings is 3. The van der Waals surface area contributed by atoms with Crippen LogP contribution in [0.4, 0.5) is 0 Å². The van der Waals surface area contributed by atoms with Gasteiger partial charge in [0.15, 0.2) is 17.5 Å². The summed E-state index contributed by atoms with van der Waals surface area (Å²) < 4.78 is 17.0. The van der Waals surface area contributed by atoms with Crippen LogP contribution in [0.5, 0.6) is 17.2 Å². The molecule has 2 aliphatic heterocycles. The lowest BCUT2D eigenvalue weighted by Gasteiger charge is -2.33. The van der Waals surface area contributed by atoms with Crippen molar-refractivity contribution in [3.63, 3.8) is 0 Å². The standard InChI is InChI=1S/C31H35N3O3/c1-19-25-17-29(37-4)28(36-3)16-20(25)12-14-34(19)18-22-15-21(9-10-27(22)35-2)30-31-24(11-13-32-30)23-7-5-6-8-26(23)33-31/h5-10,15-17,19,30,32-33H,11-14,18H2,1-4H3/p+2. The Morgan fingerprint density at radius 3 is 2.51 bits per heavy atom. The molecule has 2 aliphatic rings. The molecule has 3 unspecified atom stereocenters. The highest BCUT2D eigenvalue weighted by molar-refractivity contribution is 5.85. The molecule has 0 saturated carbocycles. The molecule has 0 radical (unpaired) electrons. The zero-order valence-corrected chi connectivity index (χ0v) is 22.2. The summed E-state index contributed by atoms with van der Waals surface area (Å²) in [6.07, 6.45) is 2.12. The van der Waals surface area contributed by atoms with Gasteiger partial charge < -0.3 is 29.4 Å². The molecule has 0 amide bonds. The van der Waals surface area contributed by atoms with Gasteiger partial charge in [-0.05, 0) is 54.4 Å². The smallest absolute Gasteiger partial charge is 0.161 e. The lowest BCUT2D eigenvalue weighted by molar-refractivity contribution is -0.945. The van der Waals surface area contributed by atoms with Crippen LogP contribution in [0.1, 0.15) is 52.5 Å². The van der Waals surface area contributed by atoms with Gasteiger partial charge in [-0.3, -0.25) is 0 Å². The Morgan fingerprint density at radius 1 is 0.919 bits per heavy atom. The van der Waals surface area contributed by atoms with Crippen molar-refractivity contribution in [2.75, 3.05) is 34.4 Å². The van der Waals surface area contributed by atoms with Gasteiger partial charge in [0.25, 0.3) is 0 Å². The van der Waals surface area contributed by atoms with E-state index in [1.54, 1.807) is 21.3 Å². The fraction of sp³-hybridized carbons (Fsp3) is 0.355. The van der Waals surface area contributed by atoms with Gasteiger partial charge in [-0.25, -0.2) is 0 Å². The number of methoxy groups -OCH3 is 3. The number of ether oxygens (including phenoxy) is 3. The summed E-state index contributed by atoms with van der Waals surface area (Å²) in [5, 5.41) is 3.83. The average Bonchev–Trinajstić information content (AvgIpc) is 3.33. The summed E-state index contributed by atoms with van der Waals surface area (Å²) >= 11 is 0. The molecule has 192 valence electrons. The van der Waals surface area contributed by atoms with Crippen LogP contribution in [0.25, 0.3) is 10.9 Å². The summed E-state index contributed by atoms with van der Waals surface area (Å²) in [5.41, 5.74) is 9.35. The van der Waals surface area contributed by atoms with Gasteiger partial charge in [0.05, 0.1) is 40.1 Å². The van der Waals surface area contributed by atoms with Gasteiger partial charge in [-0.15, -0.1) is 0 Å². The van der Waals surface area contributed by atoms with Gasteiger partial charge in [-0.2, -0.15) is 0 Å². The molecule has 0 fully saturated rings. The van der Waals surface area contributed by atoms with Crippen molar-refractivity contribution >= 4 is 10.9 Å². The molecule has 3 aromatic carbocycles. The third-order valence-corrected chi connectivity index (χ3v) is 8.48. The number of aromatic amines is 1. The number of aromatic nitrogens is 1. The van der Waals surface area contributed by atoms with Gasteiger partial charge in [0, 0.05) is 40.4 Å². The second-order valence-electron chi connectivity index (χ2n) is 10.3. The van der Waals surface area contributed by atoms with Crippen LogP contribution in [-0.2, 0) is 19.4 Å². The number of hydrogen-bond acceptors (Lipinski definition) is 3. The van der Waals surface area contributed by atoms with Crippen molar-refractivity contribution in [1.82, 2.24) is 4.98 Å². The quantitative estimate of drug-likeness (QED) is 0.382. The van der Waals surface area contributed by atoms with Crippen molar-refractivity contribution in [2.24, 2.45) is 0 Å². The Balaban J connectivity index is 1.32. The van der Waals surface area contributed by atoms with E-state index in [2.05, 4.69) is 71.8 Å². The molecule has 37 heavy (non-hydrogen) atoms. The average molecular weight is 500 g/mol. The molecule has 6 rings (SSSR count). The normalized spacial score (nSPS) is 20.8. The van der Waals surface area contributed by atoms with Crippen LogP contribution in [-0.4, -0.2) is 39.4 Å². The fourth-order valence-electron chi connectivity index (χ4n) is 6.47. The van der Waals surface area contributed by atoms with E-state index >= 15 is 0 Å². The number of nitrogens with two attached hydrogens (primary N) is 1. The SMILES string of the molecule is COc1ccc(C2[NH2+]CCc3c2[nH]c2ccccc32)cc1C[NH+]1CCc2cc(OC)c(OC)cc2C1C. The molecule has 0 bridgehead atoms. The zero-order valence-electron chi connectivity index (χ0n) is 22.2. The number of quaternary nitrogens is 2. The third kappa shape index (κ3) is 4.14. The number of H-pyrrole nitrogens is 1. The van der Waals surface area contributed by atoms with E-state index in [0.717, 1.165) is 49.7 Å². The topological polar surface area (TPSA) is 64.5 Å². The van der Waals surface area contributed by atoms with Crippen molar-refractivity contribution in [3.8, 4) is 17.2 Å². The van der Waals surface area contributed by atoms with Crippen LogP contribution in [0, 0.1) is 0 Å². The van der Waals surface area contributed by atoms with Crippen LogP contribution < -0.4 is 24.4 Å². The van der Waals surface area contributed by atoms with Crippen LogP contribution in [0.3, 0.4) is 0 Å². The van der Waals surface area contributed by atoms with Crippen molar-refractivity contribution in [1.29, 1.82) is 0 Å². The van der Waals surface area contributed by atoms with Gasteiger partial charge in [-0.1, -0.05) is 18.2 Å². The van der Waals surface area contributed by atoms with E-state index < -0.39 is 0 Å². The largest absolute Gasteiger partial charge is 0.496 e. The molecule has 0 spiro atoms. The maximum atomic E-state index is 5.85. The fourth-order valence-corrected chi connectivity index (χ4v) is 6.47. The van der Waals surface area contributed by atoms with E-state index in [1.807, 2.05) is 0 Å². The first-order valence-electron chi connectivity index (χ1n) is 13.3. The van der Waals surface area contributed by atoms with Crippen molar-refractivity contribution in [3.05, 3.63) is 88.1 Å². The Kier molecular flexibility index (Phi) is 6.31. The molecule has 3 atom stereocenters. The molecule has 6 nitrogen and oxygen atoms in total. The van der Waals surface area contributed by atoms with E-state index in [9.17, 15) is 0 Å². The summed E-state index contributed by atoms with van der Waals surface area (Å²) in [6.45, 7) is 5.40. The molecule has 1 aromatic heterocycles. The molecular formula is C31H37N3O3+2. The first-order chi connectivity index (χ1) is 18.1. The zero-order chi connectivity index (χ0) is 25.5. The monoisotopic (exact) mass is 499 g/mol. The van der Waals surface area contributed by atoms with Crippen LogP contribution in [0.15, 0.2) is 54.6 Å². The van der Waals surface area contributed by atoms with E-state index in [1.165, 1.54) is 49.3 Å². The molecule has 3 heterocycles. The number of para-hydroxylation sites is 1. The molecule has 0 saturated heterocycles. The van der Waals surface area contributed by atoms with E-state index in [0.29, 0.717) is 6.04 Å². The van der Waals surface area contributed by atoms with Gasteiger partial charge in [0.1, 0.15) is 18.3 Å². The summed E-state index contributed by atoms with van der Waals surface area (Å²) in [6, 6.07) is 20.4. The lowest BCUT2D eigenvalue weighted by atomic mass is 9.91. The molecule has 0 aliphatic carbocycles. The summed E-state index contributed by atoms with van der Waals surface area (Å²) in [4.78, 5) is 5.28. The molecule has 4 N–H and O–H groups in total. The second-order valence-corrected chi connectivity index (χ2v) is 10.3. The van der Waals surface area contributed by atoms with E-state index in [-0.39, 0.29) is 6.04 Å². The lowest BCUT2D eigenvalue weighted by Crippen LogP contribution is -3.11. The maximum Gasteiger partial charge on any atom is 0.161 e. The van der Waals surface area contributed by atoms with Crippen molar-refractivity contribution in [2.45, 2.75) is 38.4 Å². The highest BCUT2D eigenvalue weighted by Crippen LogP contribution is 2.35. The minimum absolute atomic E-state index is 0.270. The van der Waals surface area contributed by atoms with Gasteiger partial charge in [0.2, 0.25) is 0 Å². The predicted octanol–water partition coefficient (Wildman–Crippen LogP) is 3.10. The number of hydrogen-bond donors (Lipinski definition) is 3. The van der Waals surface area contributed by atoms with Gasteiger partial charge >= 0.3 is 0 Å². The Hall–Kier alpha value is -3.48. The second kappa shape index (κ2) is 9.77. The van der Waals surface area contributed by atoms with Crippen molar-refractivity contribution < 1.29 is 24.4 Å². The highest BCUT2D eigenvalue weighted by Gasteiger charge is 2.32. The summed E-state index contributed by atoms with van der Waals surface area (Å²) in [7, 11) is 5.19. The predicted molar refractivity (Wildman–Crippen MR) is 145 cm³/mol. The number of rotatable bonds is 6. The van der Waals surface area contributed by atoms with Crippen LogP contribution >= 0.6 is 0 Å². The number of fused-ring (bicyclic) bond motifs is 4.